The van der Waals surface area contributed by atoms with E-state index >= 15 is 0 Å². The summed E-state index contributed by atoms with van der Waals surface area (Å²) in [7, 11) is 0. The number of hydrogen-bond acceptors (Lipinski definition) is 2. The van der Waals surface area contributed by atoms with Crippen molar-refractivity contribution in [3.05, 3.63) is 70.8 Å². The van der Waals surface area contributed by atoms with Crippen molar-refractivity contribution in [3.8, 4) is 0 Å². The summed E-state index contributed by atoms with van der Waals surface area (Å²) in [6, 6.07) is 15.8. The summed E-state index contributed by atoms with van der Waals surface area (Å²) in [5.41, 5.74) is 4.43. The van der Waals surface area contributed by atoms with Gasteiger partial charge in [-0.1, -0.05) is 59.7 Å². The Morgan fingerprint density at radius 2 is 1.54 bits per heavy atom. The van der Waals surface area contributed by atoms with E-state index in [9.17, 15) is 9.59 Å². The second kappa shape index (κ2) is 10.1. The monoisotopic (exact) mass is 380 g/mol. The lowest BCUT2D eigenvalue weighted by molar-refractivity contribution is -0.139. The van der Waals surface area contributed by atoms with Gasteiger partial charge < -0.3 is 10.2 Å². The minimum Gasteiger partial charge on any atom is -0.352 e. The highest BCUT2D eigenvalue weighted by Gasteiger charge is 2.26. The van der Waals surface area contributed by atoms with Gasteiger partial charge in [-0.2, -0.15) is 0 Å². The van der Waals surface area contributed by atoms with E-state index in [0.29, 0.717) is 13.0 Å². The molecule has 4 heteroatoms. The average molecular weight is 381 g/mol. The maximum absolute atomic E-state index is 13.1. The molecule has 0 aliphatic heterocycles. The lowest BCUT2D eigenvalue weighted by Gasteiger charge is -2.29. The Hall–Kier alpha value is -2.62. The highest BCUT2D eigenvalue weighted by molar-refractivity contribution is 5.88. The van der Waals surface area contributed by atoms with Crippen LogP contribution >= 0.6 is 0 Å². The number of aryl methyl sites for hydroxylation is 2. The van der Waals surface area contributed by atoms with Crippen LogP contribution in [0.3, 0.4) is 0 Å². The van der Waals surface area contributed by atoms with Crippen LogP contribution in [0.15, 0.2) is 48.5 Å². The van der Waals surface area contributed by atoms with Gasteiger partial charge in [-0.25, -0.2) is 0 Å². The van der Waals surface area contributed by atoms with Crippen LogP contribution in [0.2, 0.25) is 0 Å². The van der Waals surface area contributed by atoms with Crippen molar-refractivity contribution in [3.63, 3.8) is 0 Å². The van der Waals surface area contributed by atoms with E-state index in [1.165, 1.54) is 0 Å². The lowest BCUT2D eigenvalue weighted by Crippen LogP contribution is -2.50. The number of nitrogens with one attached hydrogen (secondary N) is 1. The Labute approximate surface area is 169 Å². The minimum absolute atomic E-state index is 0.0210. The average Bonchev–Trinajstić information content (AvgIpc) is 2.61. The zero-order valence-electron chi connectivity index (χ0n) is 17.7. The molecule has 4 nitrogen and oxygen atoms in total. The van der Waals surface area contributed by atoms with E-state index in [4.69, 9.17) is 0 Å². The molecule has 1 atom stereocenters. The zero-order chi connectivity index (χ0) is 20.7. The molecule has 0 saturated heterocycles. The van der Waals surface area contributed by atoms with Crippen molar-refractivity contribution >= 4 is 11.8 Å². The van der Waals surface area contributed by atoms with Gasteiger partial charge in [0.1, 0.15) is 6.04 Å². The molecule has 2 rings (SSSR count). The molecule has 1 unspecified atom stereocenters. The number of amides is 2. The first-order chi connectivity index (χ1) is 13.3. The topological polar surface area (TPSA) is 49.4 Å². The molecule has 0 aromatic heterocycles. The predicted octanol–water partition coefficient (Wildman–Crippen LogP) is 3.83. The molecule has 2 aromatic carbocycles. The van der Waals surface area contributed by atoms with Gasteiger partial charge in [0.05, 0.1) is 6.42 Å². The van der Waals surface area contributed by atoms with E-state index in [2.05, 4.69) is 11.4 Å². The van der Waals surface area contributed by atoms with E-state index < -0.39 is 6.04 Å². The SMILES string of the molecule is Cc1cc(C)cc(CC(=O)N(CCc2ccccc2)C(C)C(=O)NC(C)C)c1. The molecule has 0 aliphatic rings. The van der Waals surface area contributed by atoms with E-state index in [-0.39, 0.29) is 17.9 Å². The fraction of sp³-hybridized carbons (Fsp3) is 0.417. The van der Waals surface area contributed by atoms with Crippen LogP contribution in [0.1, 0.15) is 43.0 Å². The summed E-state index contributed by atoms with van der Waals surface area (Å²) in [6.45, 7) is 10.2. The standard InChI is InChI=1S/C24H32N2O2/c1-17(2)25-24(28)20(5)26(12-11-21-9-7-6-8-10-21)23(27)16-22-14-18(3)13-19(4)15-22/h6-10,13-15,17,20H,11-12,16H2,1-5H3,(H,25,28). The Bertz CT molecular complexity index is 779. The zero-order valence-corrected chi connectivity index (χ0v) is 17.7. The molecule has 0 bridgehead atoms. The van der Waals surface area contributed by atoms with Crippen molar-refractivity contribution in [1.29, 1.82) is 0 Å². The molecule has 0 spiro atoms. The Kier molecular flexibility index (Phi) is 7.80. The smallest absolute Gasteiger partial charge is 0.242 e. The molecule has 150 valence electrons. The largest absolute Gasteiger partial charge is 0.352 e. The molecular weight excluding hydrogens is 348 g/mol. The van der Waals surface area contributed by atoms with Crippen LogP contribution in [0.4, 0.5) is 0 Å². The van der Waals surface area contributed by atoms with Gasteiger partial charge in [0.15, 0.2) is 0 Å². The number of benzene rings is 2. The first kappa shape index (κ1) is 21.7. The third kappa shape index (κ3) is 6.52. The van der Waals surface area contributed by atoms with Crippen LogP contribution in [-0.4, -0.2) is 35.3 Å². The Balaban J connectivity index is 2.17. The molecule has 0 fully saturated rings. The first-order valence-electron chi connectivity index (χ1n) is 9.97. The van der Waals surface area contributed by atoms with Crippen molar-refractivity contribution in [2.75, 3.05) is 6.54 Å². The minimum atomic E-state index is -0.510. The maximum atomic E-state index is 13.1. The van der Waals surface area contributed by atoms with Gasteiger partial charge in [0.2, 0.25) is 11.8 Å². The molecule has 0 heterocycles. The molecular formula is C24H32N2O2. The van der Waals surface area contributed by atoms with Gasteiger partial charge in [-0.15, -0.1) is 0 Å². The van der Waals surface area contributed by atoms with Crippen molar-refractivity contribution < 1.29 is 9.59 Å². The van der Waals surface area contributed by atoms with Crippen molar-refractivity contribution in [2.45, 2.75) is 59.5 Å². The summed E-state index contributed by atoms with van der Waals surface area (Å²) in [4.78, 5) is 27.4. The molecule has 2 amide bonds. The van der Waals surface area contributed by atoms with Crippen LogP contribution in [0, 0.1) is 13.8 Å². The Morgan fingerprint density at radius 3 is 2.11 bits per heavy atom. The molecule has 0 aliphatic carbocycles. The van der Waals surface area contributed by atoms with Crippen LogP contribution < -0.4 is 5.32 Å². The number of nitrogens with zero attached hydrogens (tertiary/aromatic N) is 1. The van der Waals surface area contributed by atoms with Crippen molar-refractivity contribution in [1.82, 2.24) is 10.2 Å². The normalized spacial score (nSPS) is 11.9. The van der Waals surface area contributed by atoms with Crippen LogP contribution in [-0.2, 0) is 22.4 Å². The van der Waals surface area contributed by atoms with Gasteiger partial charge >= 0.3 is 0 Å². The van der Waals surface area contributed by atoms with Crippen molar-refractivity contribution in [2.24, 2.45) is 0 Å². The fourth-order valence-electron chi connectivity index (χ4n) is 3.42. The van der Waals surface area contributed by atoms with Crippen LogP contribution in [0.5, 0.6) is 0 Å². The quantitative estimate of drug-likeness (QED) is 0.757. The van der Waals surface area contributed by atoms with Gasteiger partial charge in [0.25, 0.3) is 0 Å². The molecule has 1 N–H and O–H groups in total. The fourth-order valence-corrected chi connectivity index (χ4v) is 3.42. The molecule has 0 radical (unpaired) electrons. The summed E-state index contributed by atoms with van der Waals surface area (Å²) in [5, 5.41) is 2.93. The first-order valence-corrected chi connectivity index (χ1v) is 9.97. The molecule has 2 aromatic rings. The predicted molar refractivity (Wildman–Crippen MR) is 114 cm³/mol. The molecule has 0 saturated carbocycles. The number of carbonyl (C=O) groups is 2. The van der Waals surface area contributed by atoms with Crippen LogP contribution in [0.25, 0.3) is 0 Å². The van der Waals surface area contributed by atoms with E-state index in [0.717, 1.165) is 28.7 Å². The Morgan fingerprint density at radius 1 is 0.929 bits per heavy atom. The summed E-state index contributed by atoms with van der Waals surface area (Å²) < 4.78 is 0. The lowest BCUT2D eigenvalue weighted by atomic mass is 10.0. The second-order valence-corrected chi connectivity index (χ2v) is 7.83. The van der Waals surface area contributed by atoms with E-state index in [1.54, 1.807) is 4.90 Å². The summed E-state index contributed by atoms with van der Waals surface area (Å²) >= 11 is 0. The van der Waals surface area contributed by atoms with Gasteiger partial charge in [-0.05, 0) is 52.2 Å². The summed E-state index contributed by atoms with van der Waals surface area (Å²) in [6.07, 6.45) is 1.02. The highest BCUT2D eigenvalue weighted by Crippen LogP contribution is 2.13. The molecule has 28 heavy (non-hydrogen) atoms. The number of hydrogen-bond donors (Lipinski definition) is 1. The van der Waals surface area contributed by atoms with E-state index in [1.807, 2.05) is 77.1 Å². The second-order valence-electron chi connectivity index (χ2n) is 7.83. The summed E-state index contributed by atoms with van der Waals surface area (Å²) in [5.74, 6) is -0.135. The highest BCUT2D eigenvalue weighted by atomic mass is 16.2. The van der Waals surface area contributed by atoms with Gasteiger partial charge in [0, 0.05) is 12.6 Å². The third-order valence-electron chi connectivity index (χ3n) is 4.72. The third-order valence-corrected chi connectivity index (χ3v) is 4.72. The maximum Gasteiger partial charge on any atom is 0.242 e. The van der Waals surface area contributed by atoms with Gasteiger partial charge in [-0.3, -0.25) is 9.59 Å². The number of carbonyl (C=O) groups excluding carboxylic acids is 2. The number of rotatable bonds is 8.